The molecule has 0 aliphatic rings. The van der Waals surface area contributed by atoms with Gasteiger partial charge in [0.05, 0.1) is 17.2 Å². The first-order valence-corrected chi connectivity index (χ1v) is 11.3. The first-order chi connectivity index (χ1) is 15.1. The molecule has 2 N–H and O–H groups in total. The number of nitrogens with zero attached hydrogens (tertiary/aromatic N) is 1. The van der Waals surface area contributed by atoms with E-state index in [2.05, 4.69) is 10.2 Å². The molecular formula is C24H21FN2O4S. The molecule has 0 unspecified atom stereocenters. The molecule has 164 valence electrons. The molecule has 3 aromatic rings. The molecule has 32 heavy (non-hydrogen) atoms. The van der Waals surface area contributed by atoms with Crippen LogP contribution in [0.15, 0.2) is 77.7 Å². The van der Waals surface area contributed by atoms with Gasteiger partial charge in [-0.3, -0.25) is 4.79 Å². The van der Waals surface area contributed by atoms with Crippen LogP contribution < -0.4 is 5.32 Å². The third kappa shape index (κ3) is 5.38. The smallest absolute Gasteiger partial charge is 0.257 e. The second-order valence-corrected chi connectivity index (χ2v) is 9.46. The predicted octanol–water partition coefficient (Wildman–Crippen LogP) is 4.07. The van der Waals surface area contributed by atoms with E-state index in [1.807, 2.05) is 0 Å². The number of anilines is 1. The molecule has 8 heteroatoms. The highest BCUT2D eigenvalue weighted by atomic mass is 32.2. The summed E-state index contributed by atoms with van der Waals surface area (Å²) in [5.74, 6) is -2.40. The fourth-order valence-electron chi connectivity index (χ4n) is 3.28. The number of hydrogen-bond donors (Lipinski definition) is 2. The molecule has 0 saturated heterocycles. The van der Waals surface area contributed by atoms with Gasteiger partial charge in [0.25, 0.3) is 5.91 Å². The summed E-state index contributed by atoms with van der Waals surface area (Å²) in [5.41, 5.74) is -0.365. The zero-order valence-electron chi connectivity index (χ0n) is 17.2. The van der Waals surface area contributed by atoms with Crippen molar-refractivity contribution in [2.75, 3.05) is 11.1 Å². The number of benzene rings is 3. The number of carbonyl (C=O) groups excluding carboxylic acids is 1. The molecule has 0 bridgehead atoms. The number of carbonyl (C=O) groups is 1. The summed E-state index contributed by atoms with van der Waals surface area (Å²) in [6.07, 6.45) is -0.251. The van der Waals surface area contributed by atoms with Crippen LogP contribution >= 0.6 is 0 Å². The van der Waals surface area contributed by atoms with Crippen LogP contribution in [0, 0.1) is 19.3 Å². The lowest BCUT2D eigenvalue weighted by Gasteiger charge is -2.27. The summed E-state index contributed by atoms with van der Waals surface area (Å²) < 4.78 is 39.1. The van der Waals surface area contributed by atoms with Gasteiger partial charge in [0, 0.05) is 12.1 Å². The van der Waals surface area contributed by atoms with E-state index in [1.54, 1.807) is 43.3 Å². The molecule has 1 atom stereocenters. The van der Waals surface area contributed by atoms with E-state index in [1.165, 1.54) is 12.1 Å². The van der Waals surface area contributed by atoms with Crippen LogP contribution in [0.4, 0.5) is 15.8 Å². The zero-order valence-corrected chi connectivity index (χ0v) is 18.1. The molecular weight excluding hydrogens is 431 g/mol. The van der Waals surface area contributed by atoms with E-state index in [9.17, 15) is 22.7 Å². The topological polar surface area (TPSA) is 87.8 Å². The van der Waals surface area contributed by atoms with Gasteiger partial charge in [0.2, 0.25) is 0 Å². The Balaban J connectivity index is 1.94. The summed E-state index contributed by atoms with van der Waals surface area (Å²) in [6, 6.07) is 17.4. The minimum atomic E-state index is -4.13. The van der Waals surface area contributed by atoms with Gasteiger partial charge in [-0.1, -0.05) is 36.4 Å². The van der Waals surface area contributed by atoms with E-state index in [-0.39, 0.29) is 11.3 Å². The molecule has 3 rings (SSSR count). The van der Waals surface area contributed by atoms with Gasteiger partial charge in [-0.2, -0.15) is 0 Å². The SMILES string of the molecule is [C-]#[N+]c1ccc(NC(=O)[C@](O)(Cc2ccccc2)CS(=O)(=O)c2ccc(F)cc2)cc1C. The van der Waals surface area contributed by atoms with Crippen molar-refractivity contribution >= 4 is 27.1 Å². The number of aryl methyl sites for hydroxylation is 1. The lowest BCUT2D eigenvalue weighted by molar-refractivity contribution is -0.131. The van der Waals surface area contributed by atoms with Crippen molar-refractivity contribution in [3.05, 3.63) is 101 Å². The summed E-state index contributed by atoms with van der Waals surface area (Å²) in [7, 11) is -4.13. The summed E-state index contributed by atoms with van der Waals surface area (Å²) in [5, 5.41) is 13.9. The van der Waals surface area contributed by atoms with Gasteiger partial charge in [0.15, 0.2) is 21.1 Å². The van der Waals surface area contributed by atoms with Crippen molar-refractivity contribution in [3.63, 3.8) is 0 Å². The predicted molar refractivity (Wildman–Crippen MR) is 120 cm³/mol. The Bertz CT molecular complexity index is 1270. The molecule has 0 aliphatic carbocycles. The Kier molecular flexibility index (Phi) is 6.72. The fraction of sp³-hybridized carbons (Fsp3) is 0.167. The largest absolute Gasteiger partial charge is 0.379 e. The van der Waals surface area contributed by atoms with Crippen molar-refractivity contribution in [1.29, 1.82) is 0 Å². The highest BCUT2D eigenvalue weighted by Crippen LogP contribution is 2.26. The monoisotopic (exact) mass is 452 g/mol. The summed E-state index contributed by atoms with van der Waals surface area (Å²) >= 11 is 0. The van der Waals surface area contributed by atoms with Gasteiger partial charge < -0.3 is 10.4 Å². The molecule has 0 saturated carbocycles. The van der Waals surface area contributed by atoms with Crippen LogP contribution in [0.1, 0.15) is 11.1 Å². The van der Waals surface area contributed by atoms with E-state index < -0.39 is 32.9 Å². The molecule has 0 radical (unpaired) electrons. The minimum absolute atomic E-state index is 0.199. The van der Waals surface area contributed by atoms with Gasteiger partial charge >= 0.3 is 0 Å². The van der Waals surface area contributed by atoms with Gasteiger partial charge in [-0.15, -0.1) is 0 Å². The van der Waals surface area contributed by atoms with E-state index in [4.69, 9.17) is 6.57 Å². The summed E-state index contributed by atoms with van der Waals surface area (Å²) in [6.45, 7) is 8.83. The number of aliphatic hydroxyl groups is 1. The Labute approximate surface area is 186 Å². The third-order valence-electron chi connectivity index (χ3n) is 4.94. The minimum Gasteiger partial charge on any atom is -0.379 e. The average molecular weight is 453 g/mol. The van der Waals surface area contributed by atoms with Gasteiger partial charge in [-0.25, -0.2) is 17.7 Å². The van der Waals surface area contributed by atoms with Crippen molar-refractivity contribution in [1.82, 2.24) is 0 Å². The Morgan fingerprint density at radius 3 is 2.34 bits per heavy atom. The molecule has 0 fully saturated rings. The van der Waals surface area contributed by atoms with Gasteiger partial charge in [-0.05, 0) is 54.4 Å². The maximum absolute atomic E-state index is 13.2. The lowest BCUT2D eigenvalue weighted by atomic mass is 9.95. The Morgan fingerprint density at radius 2 is 1.75 bits per heavy atom. The molecule has 0 spiro atoms. The van der Waals surface area contributed by atoms with Crippen molar-refractivity contribution in [3.8, 4) is 0 Å². The van der Waals surface area contributed by atoms with E-state index in [0.717, 1.165) is 24.3 Å². The van der Waals surface area contributed by atoms with Crippen LogP contribution in [0.5, 0.6) is 0 Å². The average Bonchev–Trinajstić information content (AvgIpc) is 2.74. The number of rotatable bonds is 7. The normalized spacial score (nSPS) is 13.1. The maximum atomic E-state index is 13.2. The molecule has 0 aromatic heterocycles. The van der Waals surface area contributed by atoms with Crippen LogP contribution in [-0.4, -0.2) is 30.8 Å². The number of halogens is 1. The van der Waals surface area contributed by atoms with E-state index >= 15 is 0 Å². The van der Waals surface area contributed by atoms with Crippen LogP contribution in [-0.2, 0) is 21.1 Å². The molecule has 3 aromatic carbocycles. The Hall–Kier alpha value is -3.54. The number of amides is 1. The number of sulfone groups is 1. The van der Waals surface area contributed by atoms with E-state index in [0.29, 0.717) is 22.5 Å². The van der Waals surface area contributed by atoms with Gasteiger partial charge in [0.1, 0.15) is 5.82 Å². The van der Waals surface area contributed by atoms with Crippen molar-refractivity contribution in [2.45, 2.75) is 23.8 Å². The number of nitrogens with one attached hydrogen (secondary N) is 1. The van der Waals surface area contributed by atoms with Crippen molar-refractivity contribution < 1.29 is 22.7 Å². The van der Waals surface area contributed by atoms with Crippen LogP contribution in [0.2, 0.25) is 0 Å². The molecule has 6 nitrogen and oxygen atoms in total. The quantitative estimate of drug-likeness (QED) is 0.418. The second kappa shape index (κ2) is 9.30. The molecule has 0 aliphatic heterocycles. The summed E-state index contributed by atoms with van der Waals surface area (Å²) in [4.78, 5) is 16.3. The van der Waals surface area contributed by atoms with Crippen molar-refractivity contribution in [2.24, 2.45) is 0 Å². The van der Waals surface area contributed by atoms with Crippen LogP contribution in [0.3, 0.4) is 0 Å². The molecule has 0 heterocycles. The lowest BCUT2D eigenvalue weighted by Crippen LogP contribution is -2.50. The second-order valence-electron chi connectivity index (χ2n) is 7.47. The Morgan fingerprint density at radius 1 is 1.09 bits per heavy atom. The zero-order chi connectivity index (χ0) is 23.4. The standard InChI is InChI=1S/C24H21FN2O4S/c1-17-14-20(10-13-22(17)26-2)27-23(28)24(29,15-18-6-4-3-5-7-18)16-32(30,31)21-11-8-19(25)9-12-21/h3-14,29H,15-16H2,1H3,(H,27,28)/t24-/m0/s1. The highest BCUT2D eigenvalue weighted by Gasteiger charge is 2.41. The molecule has 1 amide bonds. The first kappa shape index (κ1) is 23.1. The fourth-order valence-corrected chi connectivity index (χ4v) is 4.86. The number of hydrogen-bond acceptors (Lipinski definition) is 4. The third-order valence-corrected chi connectivity index (χ3v) is 6.79. The highest BCUT2D eigenvalue weighted by molar-refractivity contribution is 7.91. The maximum Gasteiger partial charge on any atom is 0.257 e. The first-order valence-electron chi connectivity index (χ1n) is 9.67. The van der Waals surface area contributed by atoms with Crippen LogP contribution in [0.25, 0.3) is 4.85 Å².